The van der Waals surface area contributed by atoms with E-state index in [1.807, 2.05) is 0 Å². The molecule has 0 bridgehead atoms. The van der Waals surface area contributed by atoms with Crippen LogP contribution < -0.4 is 15.4 Å². The fourth-order valence-electron chi connectivity index (χ4n) is 3.36. The monoisotopic (exact) mass is 505 g/mol. The van der Waals surface area contributed by atoms with Gasteiger partial charge in [0.2, 0.25) is 10.0 Å². The fourth-order valence-corrected chi connectivity index (χ4v) is 5.03. The van der Waals surface area contributed by atoms with Crippen LogP contribution in [-0.2, 0) is 10.0 Å². The van der Waals surface area contributed by atoms with Gasteiger partial charge in [-0.15, -0.1) is 0 Å². The molecule has 2 aromatic rings. The van der Waals surface area contributed by atoms with E-state index in [0.29, 0.717) is 30.9 Å². The molecule has 7 nitrogen and oxygen atoms in total. The van der Waals surface area contributed by atoms with Crippen LogP contribution in [0.2, 0.25) is 0 Å². The van der Waals surface area contributed by atoms with Crippen LogP contribution in [-0.4, -0.2) is 43.4 Å². The number of anilines is 1. The predicted molar refractivity (Wildman–Crippen MR) is 141 cm³/mol. The number of carbonyl (C=O) groups excluding carboxylic acids is 1. The molecule has 9 heteroatoms. The van der Waals surface area contributed by atoms with Gasteiger partial charge in [-0.1, -0.05) is 46.5 Å². The summed E-state index contributed by atoms with van der Waals surface area (Å²) >= 11 is 5.23. The van der Waals surface area contributed by atoms with Crippen LogP contribution in [0.15, 0.2) is 53.4 Å². The first-order valence-electron chi connectivity index (χ1n) is 11.8. The van der Waals surface area contributed by atoms with Crippen molar-refractivity contribution in [2.24, 2.45) is 0 Å². The summed E-state index contributed by atoms with van der Waals surface area (Å²) in [6.07, 6.45) is 5.88. The molecule has 0 saturated carbocycles. The van der Waals surface area contributed by atoms with Gasteiger partial charge < -0.3 is 10.1 Å². The van der Waals surface area contributed by atoms with Crippen LogP contribution in [0.3, 0.4) is 0 Å². The van der Waals surface area contributed by atoms with E-state index in [0.717, 1.165) is 18.6 Å². The number of amides is 1. The number of benzene rings is 2. The maximum atomic E-state index is 12.6. The molecule has 0 atom stereocenters. The van der Waals surface area contributed by atoms with Crippen LogP contribution in [0.1, 0.15) is 63.2 Å². The van der Waals surface area contributed by atoms with Crippen molar-refractivity contribution in [3.05, 3.63) is 54.1 Å². The fraction of sp³-hybridized carbons (Fsp3) is 0.440. The number of hydrogen-bond acceptors (Lipinski definition) is 5. The third-order valence-corrected chi connectivity index (χ3v) is 7.58. The van der Waals surface area contributed by atoms with Crippen molar-refractivity contribution in [3.63, 3.8) is 0 Å². The average Bonchev–Trinajstić information content (AvgIpc) is 2.82. The lowest BCUT2D eigenvalue weighted by molar-refractivity contribution is 0.0977. The van der Waals surface area contributed by atoms with Gasteiger partial charge in [0.25, 0.3) is 5.91 Å². The van der Waals surface area contributed by atoms with E-state index in [4.69, 9.17) is 17.0 Å². The van der Waals surface area contributed by atoms with E-state index >= 15 is 0 Å². The molecule has 0 aliphatic rings. The van der Waals surface area contributed by atoms with E-state index in [1.165, 1.54) is 35.7 Å². The Labute approximate surface area is 208 Å². The number of rotatable bonds is 13. The summed E-state index contributed by atoms with van der Waals surface area (Å²) in [5.41, 5.74) is 1.03. The first-order valence-corrected chi connectivity index (χ1v) is 13.6. The zero-order valence-corrected chi connectivity index (χ0v) is 21.8. The lowest BCUT2D eigenvalue weighted by Gasteiger charge is -2.18. The molecule has 0 aromatic heterocycles. The number of unbranched alkanes of at least 4 members (excludes halogenated alkanes) is 4. The van der Waals surface area contributed by atoms with E-state index < -0.39 is 10.0 Å². The lowest BCUT2D eigenvalue weighted by Crippen LogP contribution is -2.34. The van der Waals surface area contributed by atoms with Crippen LogP contribution in [0, 0.1) is 0 Å². The molecule has 2 rings (SSSR count). The normalized spacial score (nSPS) is 11.3. The Kier molecular flexibility index (Phi) is 11.5. The van der Waals surface area contributed by atoms with Crippen molar-refractivity contribution in [2.45, 2.75) is 57.8 Å². The van der Waals surface area contributed by atoms with E-state index in [1.54, 1.807) is 50.2 Å². The molecule has 0 heterocycles. The van der Waals surface area contributed by atoms with Crippen molar-refractivity contribution >= 4 is 38.9 Å². The second kappa shape index (κ2) is 14.0. The quantitative estimate of drug-likeness (QED) is 0.288. The lowest BCUT2D eigenvalue weighted by atomic mass is 10.2. The number of nitrogens with zero attached hydrogens (tertiary/aromatic N) is 1. The Bertz CT molecular complexity index is 1020. The molecule has 0 aliphatic carbocycles. The molecular weight excluding hydrogens is 470 g/mol. The second-order valence-corrected chi connectivity index (χ2v) is 10.2. The van der Waals surface area contributed by atoms with Crippen molar-refractivity contribution in [3.8, 4) is 5.75 Å². The summed E-state index contributed by atoms with van der Waals surface area (Å²) in [5, 5.41) is 5.66. The molecule has 0 spiro atoms. The summed E-state index contributed by atoms with van der Waals surface area (Å²) in [5.74, 6) is 0.386. The zero-order valence-electron chi connectivity index (χ0n) is 20.2. The molecule has 186 valence electrons. The molecule has 2 N–H and O–H groups in total. The van der Waals surface area contributed by atoms with Crippen molar-refractivity contribution in [1.29, 1.82) is 0 Å². The first kappa shape index (κ1) is 27.8. The van der Waals surface area contributed by atoms with Gasteiger partial charge in [-0.05, 0) is 67.2 Å². The number of hydrogen-bond donors (Lipinski definition) is 2. The Hall–Kier alpha value is -2.49. The topological polar surface area (TPSA) is 87.7 Å². The van der Waals surface area contributed by atoms with Crippen LogP contribution in [0.4, 0.5) is 5.69 Å². The summed E-state index contributed by atoms with van der Waals surface area (Å²) < 4.78 is 32.3. The van der Waals surface area contributed by atoms with Crippen LogP contribution >= 0.6 is 12.2 Å². The Morgan fingerprint density at radius 3 is 2.12 bits per heavy atom. The third kappa shape index (κ3) is 8.38. The molecule has 0 saturated heterocycles. The van der Waals surface area contributed by atoms with Crippen molar-refractivity contribution < 1.29 is 17.9 Å². The highest BCUT2D eigenvalue weighted by Crippen LogP contribution is 2.18. The van der Waals surface area contributed by atoms with Gasteiger partial charge in [0.05, 0.1) is 11.5 Å². The molecule has 0 fully saturated rings. The summed E-state index contributed by atoms with van der Waals surface area (Å²) in [7, 11) is -3.52. The van der Waals surface area contributed by atoms with Gasteiger partial charge in [0, 0.05) is 24.3 Å². The van der Waals surface area contributed by atoms with Gasteiger partial charge in [-0.3, -0.25) is 10.1 Å². The predicted octanol–water partition coefficient (Wildman–Crippen LogP) is 5.19. The molecular formula is C25H35N3O4S2. The molecule has 1 amide bonds. The van der Waals surface area contributed by atoms with Gasteiger partial charge >= 0.3 is 0 Å². The maximum absolute atomic E-state index is 12.6. The molecule has 0 unspecified atom stereocenters. The maximum Gasteiger partial charge on any atom is 0.257 e. The number of carbonyl (C=O) groups is 1. The third-order valence-electron chi connectivity index (χ3n) is 5.32. The van der Waals surface area contributed by atoms with Gasteiger partial charge in [-0.25, -0.2) is 8.42 Å². The minimum absolute atomic E-state index is 0.122. The molecule has 2 aromatic carbocycles. The zero-order chi connectivity index (χ0) is 25.0. The minimum atomic E-state index is -3.52. The minimum Gasteiger partial charge on any atom is -0.494 e. The highest BCUT2D eigenvalue weighted by atomic mass is 32.2. The van der Waals surface area contributed by atoms with Gasteiger partial charge in [0.1, 0.15) is 5.75 Å². The smallest absolute Gasteiger partial charge is 0.257 e. The number of thiocarbonyl (C=S) groups is 1. The summed E-state index contributed by atoms with van der Waals surface area (Å²) in [4.78, 5) is 12.7. The van der Waals surface area contributed by atoms with Crippen LogP contribution in [0.25, 0.3) is 0 Å². The van der Waals surface area contributed by atoms with E-state index in [2.05, 4.69) is 17.6 Å². The molecule has 34 heavy (non-hydrogen) atoms. The highest BCUT2D eigenvalue weighted by molar-refractivity contribution is 7.89. The summed E-state index contributed by atoms with van der Waals surface area (Å²) in [6.45, 7) is 7.26. The Morgan fingerprint density at radius 2 is 1.53 bits per heavy atom. The summed E-state index contributed by atoms with van der Waals surface area (Å²) in [6, 6.07) is 13.2. The number of ether oxygens (including phenoxy) is 1. The molecule has 0 aliphatic heterocycles. The highest BCUT2D eigenvalue weighted by Gasteiger charge is 2.21. The van der Waals surface area contributed by atoms with Gasteiger partial charge in [-0.2, -0.15) is 4.31 Å². The average molecular weight is 506 g/mol. The number of nitrogens with one attached hydrogen (secondary N) is 2. The Morgan fingerprint density at radius 1 is 0.912 bits per heavy atom. The SMILES string of the molecule is CCCCCCCOc1ccc(C(=O)NC(=S)Nc2ccc(S(=O)(=O)N(CC)CC)cc2)cc1. The Balaban J connectivity index is 1.85. The molecule has 0 radical (unpaired) electrons. The van der Waals surface area contributed by atoms with Gasteiger partial charge in [0.15, 0.2) is 5.11 Å². The largest absolute Gasteiger partial charge is 0.494 e. The second-order valence-electron chi connectivity index (χ2n) is 7.81. The first-order chi connectivity index (χ1) is 16.3. The van der Waals surface area contributed by atoms with Crippen molar-refractivity contribution in [1.82, 2.24) is 9.62 Å². The standard InChI is InChI=1S/C25H35N3O4S2/c1-4-7-8-9-10-19-32-22-15-11-20(12-16-22)24(29)27-25(33)26-21-13-17-23(18-14-21)34(30,31)28(5-2)6-3/h11-18H,4-10,19H2,1-3H3,(H2,26,27,29,33). The van der Waals surface area contributed by atoms with Crippen molar-refractivity contribution in [2.75, 3.05) is 25.0 Å². The van der Waals surface area contributed by atoms with E-state index in [-0.39, 0.29) is 15.9 Å². The van der Waals surface area contributed by atoms with Crippen LogP contribution in [0.5, 0.6) is 5.75 Å². The number of sulfonamides is 1. The van der Waals surface area contributed by atoms with E-state index in [9.17, 15) is 13.2 Å².